The molecule has 0 bridgehead atoms. The van der Waals surface area contributed by atoms with Crippen LogP contribution in [0.5, 0.6) is 0 Å². The van der Waals surface area contributed by atoms with Gasteiger partial charge < -0.3 is 15.0 Å². The lowest BCUT2D eigenvalue weighted by atomic mass is 10.1. The number of piperazine rings is 1. The standard InChI is InChI=1S/C11H18N4O2/c1-17-11(16)10(6-9-7-13-8-14-9)15-4-2-12-3-5-15/h7-8,10,12H,2-6H2,1H3,(H,13,14). The Morgan fingerprint density at radius 2 is 2.35 bits per heavy atom. The van der Waals surface area contributed by atoms with Gasteiger partial charge in [0.1, 0.15) is 6.04 Å². The van der Waals surface area contributed by atoms with Crippen LogP contribution in [0, 0.1) is 0 Å². The van der Waals surface area contributed by atoms with Crippen molar-refractivity contribution in [2.45, 2.75) is 12.5 Å². The number of nitrogens with one attached hydrogen (secondary N) is 2. The normalized spacial score (nSPS) is 18.9. The van der Waals surface area contributed by atoms with E-state index in [1.807, 2.05) is 0 Å². The molecule has 0 spiro atoms. The van der Waals surface area contributed by atoms with Crippen molar-refractivity contribution in [2.75, 3.05) is 33.3 Å². The molecule has 1 aliphatic rings. The van der Waals surface area contributed by atoms with Gasteiger partial charge in [0.2, 0.25) is 0 Å². The van der Waals surface area contributed by atoms with Crippen molar-refractivity contribution >= 4 is 5.97 Å². The fourth-order valence-corrected chi connectivity index (χ4v) is 2.10. The summed E-state index contributed by atoms with van der Waals surface area (Å²) in [6, 6.07) is -0.220. The van der Waals surface area contributed by atoms with Gasteiger partial charge in [-0.15, -0.1) is 0 Å². The van der Waals surface area contributed by atoms with E-state index in [-0.39, 0.29) is 12.0 Å². The zero-order valence-corrected chi connectivity index (χ0v) is 9.98. The molecule has 1 aromatic rings. The maximum atomic E-state index is 11.8. The number of aromatic amines is 1. The van der Waals surface area contributed by atoms with Crippen molar-refractivity contribution in [3.8, 4) is 0 Å². The van der Waals surface area contributed by atoms with Gasteiger partial charge in [-0.25, -0.2) is 4.98 Å². The van der Waals surface area contributed by atoms with Crippen LogP contribution in [0.15, 0.2) is 12.5 Å². The van der Waals surface area contributed by atoms with Gasteiger partial charge in [-0.2, -0.15) is 0 Å². The highest BCUT2D eigenvalue weighted by atomic mass is 16.5. The van der Waals surface area contributed by atoms with E-state index in [1.54, 1.807) is 12.5 Å². The molecular weight excluding hydrogens is 220 g/mol. The van der Waals surface area contributed by atoms with E-state index in [9.17, 15) is 4.79 Å². The maximum Gasteiger partial charge on any atom is 0.323 e. The van der Waals surface area contributed by atoms with Crippen molar-refractivity contribution in [1.82, 2.24) is 20.2 Å². The number of hydrogen-bond donors (Lipinski definition) is 2. The summed E-state index contributed by atoms with van der Waals surface area (Å²) in [5.41, 5.74) is 0.957. The van der Waals surface area contributed by atoms with Gasteiger partial charge in [0.05, 0.1) is 13.4 Å². The second-order valence-corrected chi connectivity index (χ2v) is 4.11. The summed E-state index contributed by atoms with van der Waals surface area (Å²) in [6.45, 7) is 3.56. The van der Waals surface area contributed by atoms with Crippen molar-refractivity contribution in [2.24, 2.45) is 0 Å². The lowest BCUT2D eigenvalue weighted by Gasteiger charge is -2.32. The average Bonchev–Trinajstić information content (AvgIpc) is 2.89. The number of esters is 1. The summed E-state index contributed by atoms with van der Waals surface area (Å²) in [4.78, 5) is 21.0. The van der Waals surface area contributed by atoms with Crippen molar-refractivity contribution in [3.63, 3.8) is 0 Å². The maximum absolute atomic E-state index is 11.8. The summed E-state index contributed by atoms with van der Waals surface area (Å²) >= 11 is 0. The molecule has 0 aliphatic carbocycles. The van der Waals surface area contributed by atoms with Crippen LogP contribution in [0.4, 0.5) is 0 Å². The van der Waals surface area contributed by atoms with E-state index < -0.39 is 0 Å². The predicted octanol–water partition coefficient (Wildman–Crippen LogP) is -0.601. The number of nitrogens with zero attached hydrogens (tertiary/aromatic N) is 2. The zero-order valence-electron chi connectivity index (χ0n) is 9.98. The van der Waals surface area contributed by atoms with Gasteiger partial charge in [0.25, 0.3) is 0 Å². The molecule has 2 heterocycles. The summed E-state index contributed by atoms with van der Waals surface area (Å²) in [6.07, 6.45) is 3.99. The Balaban J connectivity index is 2.04. The van der Waals surface area contributed by atoms with Gasteiger partial charge in [-0.05, 0) is 0 Å². The molecule has 94 valence electrons. The van der Waals surface area contributed by atoms with Gasteiger partial charge >= 0.3 is 5.97 Å². The van der Waals surface area contributed by atoms with Crippen molar-refractivity contribution < 1.29 is 9.53 Å². The van der Waals surface area contributed by atoms with Crippen LogP contribution >= 0.6 is 0 Å². The number of hydrogen-bond acceptors (Lipinski definition) is 5. The topological polar surface area (TPSA) is 70.2 Å². The molecule has 2 N–H and O–H groups in total. The Kier molecular flexibility index (Phi) is 4.11. The summed E-state index contributed by atoms with van der Waals surface area (Å²) in [5.74, 6) is -0.179. The number of imidazole rings is 1. The first kappa shape index (κ1) is 12.1. The van der Waals surface area contributed by atoms with Crippen LogP contribution in [0.25, 0.3) is 0 Å². The Morgan fingerprint density at radius 1 is 1.59 bits per heavy atom. The highest BCUT2D eigenvalue weighted by Crippen LogP contribution is 2.09. The van der Waals surface area contributed by atoms with Gasteiger partial charge in [-0.3, -0.25) is 9.69 Å². The van der Waals surface area contributed by atoms with Gasteiger partial charge in [-0.1, -0.05) is 0 Å². The first-order chi connectivity index (χ1) is 8.31. The van der Waals surface area contributed by atoms with E-state index in [4.69, 9.17) is 4.74 Å². The molecule has 2 rings (SSSR count). The molecule has 6 heteroatoms. The van der Waals surface area contributed by atoms with Crippen LogP contribution < -0.4 is 5.32 Å². The number of aromatic nitrogens is 2. The number of methoxy groups -OCH3 is 1. The van der Waals surface area contributed by atoms with E-state index in [0.29, 0.717) is 6.42 Å². The quantitative estimate of drug-likeness (QED) is 0.685. The molecule has 1 atom stereocenters. The Hall–Kier alpha value is -1.40. The van der Waals surface area contributed by atoms with Crippen LogP contribution in [-0.4, -0.2) is 60.2 Å². The van der Waals surface area contributed by atoms with Crippen LogP contribution in [0.2, 0.25) is 0 Å². The van der Waals surface area contributed by atoms with Gasteiger partial charge in [0, 0.05) is 44.5 Å². The Bertz CT molecular complexity index is 346. The number of carbonyl (C=O) groups is 1. The Labute approximate surface area is 100 Å². The third kappa shape index (κ3) is 3.04. The highest BCUT2D eigenvalue weighted by Gasteiger charge is 2.28. The molecule has 1 saturated heterocycles. The van der Waals surface area contributed by atoms with Gasteiger partial charge in [0.15, 0.2) is 0 Å². The molecule has 0 aromatic carbocycles. The van der Waals surface area contributed by atoms with Crippen LogP contribution in [0.1, 0.15) is 5.69 Å². The van der Waals surface area contributed by atoms with E-state index in [0.717, 1.165) is 31.9 Å². The SMILES string of the molecule is COC(=O)C(Cc1cnc[nH]1)N1CCNCC1. The van der Waals surface area contributed by atoms with Crippen molar-refractivity contribution in [1.29, 1.82) is 0 Å². The summed E-state index contributed by atoms with van der Waals surface area (Å²) in [7, 11) is 1.44. The molecule has 0 amide bonds. The Morgan fingerprint density at radius 3 is 2.94 bits per heavy atom. The second kappa shape index (κ2) is 5.79. The highest BCUT2D eigenvalue weighted by molar-refractivity contribution is 5.76. The monoisotopic (exact) mass is 238 g/mol. The predicted molar refractivity (Wildman–Crippen MR) is 62.5 cm³/mol. The smallest absolute Gasteiger partial charge is 0.323 e. The van der Waals surface area contributed by atoms with E-state index in [2.05, 4.69) is 20.2 Å². The van der Waals surface area contributed by atoms with Crippen molar-refractivity contribution in [3.05, 3.63) is 18.2 Å². The summed E-state index contributed by atoms with van der Waals surface area (Å²) < 4.78 is 4.88. The third-order valence-corrected chi connectivity index (χ3v) is 3.03. The fourth-order valence-electron chi connectivity index (χ4n) is 2.10. The minimum atomic E-state index is -0.220. The molecule has 0 saturated carbocycles. The van der Waals surface area contributed by atoms with E-state index in [1.165, 1.54) is 7.11 Å². The molecular formula is C11H18N4O2. The van der Waals surface area contributed by atoms with Crippen LogP contribution in [0.3, 0.4) is 0 Å². The lowest BCUT2D eigenvalue weighted by Crippen LogP contribution is -2.52. The number of carbonyl (C=O) groups excluding carboxylic acids is 1. The third-order valence-electron chi connectivity index (χ3n) is 3.03. The largest absolute Gasteiger partial charge is 0.468 e. The first-order valence-corrected chi connectivity index (χ1v) is 5.81. The zero-order chi connectivity index (χ0) is 12.1. The number of rotatable bonds is 4. The summed E-state index contributed by atoms with van der Waals surface area (Å²) in [5, 5.41) is 3.27. The molecule has 1 fully saturated rings. The molecule has 6 nitrogen and oxygen atoms in total. The average molecular weight is 238 g/mol. The minimum Gasteiger partial charge on any atom is -0.468 e. The number of ether oxygens (including phenoxy) is 1. The first-order valence-electron chi connectivity index (χ1n) is 5.81. The number of H-pyrrole nitrogens is 1. The minimum absolute atomic E-state index is 0.179. The molecule has 17 heavy (non-hydrogen) atoms. The molecule has 1 aliphatic heterocycles. The van der Waals surface area contributed by atoms with Crippen LogP contribution in [-0.2, 0) is 16.0 Å². The molecule has 1 aromatic heterocycles. The van der Waals surface area contributed by atoms with E-state index >= 15 is 0 Å². The molecule has 1 unspecified atom stereocenters. The fraction of sp³-hybridized carbons (Fsp3) is 0.636. The molecule has 0 radical (unpaired) electrons. The second-order valence-electron chi connectivity index (χ2n) is 4.11. The lowest BCUT2D eigenvalue weighted by molar-refractivity contribution is -0.147.